The van der Waals surface area contributed by atoms with Crippen LogP contribution < -0.4 is 4.90 Å². The zero-order valence-electron chi connectivity index (χ0n) is 30.8. The van der Waals surface area contributed by atoms with E-state index < -0.39 is 0 Å². The molecule has 1 atom stereocenters. The van der Waals surface area contributed by atoms with Crippen LogP contribution >= 0.6 is 0 Å². The number of aromatic nitrogens is 3. The number of nitrogens with zero attached hydrogens (tertiary/aromatic N) is 4. The quantitative estimate of drug-likeness (QED) is 0.156. The van der Waals surface area contributed by atoms with Gasteiger partial charge in [-0.3, -0.25) is 0 Å². The molecule has 268 valence electrons. The number of anilines is 3. The Hall–Kier alpha value is -7.11. The topological polar surface area (TPSA) is 55.1 Å². The highest BCUT2D eigenvalue weighted by Crippen LogP contribution is 2.40. The Kier molecular flexibility index (Phi) is 8.73. The minimum atomic E-state index is 0.127. The second-order valence-corrected chi connectivity index (χ2v) is 14.3. The molecule has 0 saturated heterocycles. The minimum Gasteiger partial charge on any atom is -0.456 e. The van der Waals surface area contributed by atoms with Crippen molar-refractivity contribution in [3.05, 3.63) is 200 Å². The molecule has 5 nitrogen and oxygen atoms in total. The first kappa shape index (κ1) is 33.5. The van der Waals surface area contributed by atoms with Gasteiger partial charge in [0.2, 0.25) is 0 Å². The molecule has 2 aromatic heterocycles. The molecular weight excluding hydrogens is 685 g/mol. The highest BCUT2D eigenvalue weighted by atomic mass is 16.3. The Balaban J connectivity index is 0.993. The number of furan rings is 1. The van der Waals surface area contributed by atoms with Crippen LogP contribution in [0.4, 0.5) is 17.1 Å². The van der Waals surface area contributed by atoms with E-state index in [-0.39, 0.29) is 5.92 Å². The molecule has 0 radical (unpaired) electrons. The number of hydrogen-bond acceptors (Lipinski definition) is 5. The van der Waals surface area contributed by atoms with Crippen molar-refractivity contribution in [3.8, 4) is 33.6 Å². The normalized spacial score (nSPS) is 15.0. The zero-order valence-corrected chi connectivity index (χ0v) is 30.8. The second kappa shape index (κ2) is 14.6. The monoisotopic (exact) mass is 722 g/mol. The lowest BCUT2D eigenvalue weighted by atomic mass is 9.97. The molecule has 1 unspecified atom stereocenters. The molecule has 10 rings (SSSR count). The smallest absolute Gasteiger partial charge is 0.163 e. The first-order chi connectivity index (χ1) is 27.7. The fourth-order valence-electron chi connectivity index (χ4n) is 7.84. The first-order valence-electron chi connectivity index (χ1n) is 19.3. The zero-order chi connectivity index (χ0) is 37.3. The highest BCUT2D eigenvalue weighted by molar-refractivity contribution is 6.13. The van der Waals surface area contributed by atoms with E-state index in [4.69, 9.17) is 19.4 Å². The van der Waals surface area contributed by atoms with E-state index in [1.165, 1.54) is 0 Å². The maximum atomic E-state index is 6.57. The number of allylic oxidation sites excluding steroid dienone is 8. The summed E-state index contributed by atoms with van der Waals surface area (Å²) in [6, 6.07) is 51.2. The Morgan fingerprint density at radius 3 is 2.00 bits per heavy atom. The van der Waals surface area contributed by atoms with Gasteiger partial charge in [-0.2, -0.15) is 0 Å². The SMILES string of the molecule is C1=CCC(c2nc(C3=CCCC=C3)nc(-c3ccc(-c4cccc5oc6cc(-c7cccc(N(c8ccccc8)c8ccccc8)c7)ccc6c45)cc3)n2)C=C1. The van der Waals surface area contributed by atoms with Crippen molar-refractivity contribution < 1.29 is 4.42 Å². The van der Waals surface area contributed by atoms with Gasteiger partial charge in [0.1, 0.15) is 17.0 Å². The average molecular weight is 723 g/mol. The van der Waals surface area contributed by atoms with Gasteiger partial charge in [-0.25, -0.2) is 15.0 Å². The Morgan fingerprint density at radius 1 is 0.536 bits per heavy atom. The van der Waals surface area contributed by atoms with E-state index in [1.807, 2.05) is 0 Å². The molecule has 0 N–H and O–H groups in total. The maximum Gasteiger partial charge on any atom is 0.163 e. The third-order valence-electron chi connectivity index (χ3n) is 10.6. The van der Waals surface area contributed by atoms with E-state index in [0.717, 1.165) is 103 Å². The van der Waals surface area contributed by atoms with Crippen molar-refractivity contribution in [2.45, 2.75) is 25.2 Å². The van der Waals surface area contributed by atoms with Crippen molar-refractivity contribution in [3.63, 3.8) is 0 Å². The Morgan fingerprint density at radius 2 is 1.25 bits per heavy atom. The van der Waals surface area contributed by atoms with Crippen molar-refractivity contribution >= 4 is 44.6 Å². The Labute approximate surface area is 326 Å². The molecule has 56 heavy (non-hydrogen) atoms. The third-order valence-corrected chi connectivity index (χ3v) is 10.6. The third kappa shape index (κ3) is 6.43. The van der Waals surface area contributed by atoms with Crippen LogP contribution in [0.1, 0.15) is 36.8 Å². The molecule has 8 aromatic rings. The largest absolute Gasteiger partial charge is 0.456 e. The second-order valence-electron chi connectivity index (χ2n) is 14.3. The van der Waals surface area contributed by atoms with Gasteiger partial charge in [0.05, 0.1) is 0 Å². The van der Waals surface area contributed by atoms with Crippen LogP contribution in [0, 0.1) is 0 Å². The van der Waals surface area contributed by atoms with E-state index in [9.17, 15) is 0 Å². The van der Waals surface area contributed by atoms with Crippen LogP contribution in [0.15, 0.2) is 193 Å². The lowest BCUT2D eigenvalue weighted by Crippen LogP contribution is -2.09. The molecule has 0 fully saturated rings. The van der Waals surface area contributed by atoms with Crippen molar-refractivity contribution in [2.75, 3.05) is 4.90 Å². The molecule has 0 saturated carbocycles. The van der Waals surface area contributed by atoms with Crippen LogP contribution in [0.5, 0.6) is 0 Å². The van der Waals surface area contributed by atoms with Crippen molar-refractivity contribution in [2.24, 2.45) is 0 Å². The fourth-order valence-corrected chi connectivity index (χ4v) is 7.84. The van der Waals surface area contributed by atoms with Gasteiger partial charge in [0, 0.05) is 44.9 Å². The van der Waals surface area contributed by atoms with Gasteiger partial charge < -0.3 is 9.32 Å². The standard InChI is InChI=1S/C51H38N4O/c1-5-15-36(16-6-1)49-52-50(37-17-7-2-8-18-37)54-51(53-49)38-29-27-35(28-30-38)44-25-14-26-46-48(44)45-32-31-40(34-47(45)56-46)39-19-13-24-43(33-39)55(41-20-9-3-10-21-41)42-22-11-4-12-23-42/h1,3-7,9-15,17-34,36H,2,8,16H2. The van der Waals surface area contributed by atoms with Crippen LogP contribution in [-0.2, 0) is 0 Å². The summed E-state index contributed by atoms with van der Waals surface area (Å²) < 4.78 is 6.57. The maximum absolute atomic E-state index is 6.57. The number of rotatable bonds is 8. The van der Waals surface area contributed by atoms with Crippen LogP contribution in [0.2, 0.25) is 0 Å². The lowest BCUT2D eigenvalue weighted by Gasteiger charge is -2.25. The summed E-state index contributed by atoms with van der Waals surface area (Å²) in [7, 11) is 0. The van der Waals surface area contributed by atoms with Gasteiger partial charge in [-0.1, -0.05) is 134 Å². The van der Waals surface area contributed by atoms with Crippen molar-refractivity contribution in [1.82, 2.24) is 15.0 Å². The first-order valence-corrected chi connectivity index (χ1v) is 19.3. The van der Waals surface area contributed by atoms with E-state index in [0.29, 0.717) is 5.82 Å². The summed E-state index contributed by atoms with van der Waals surface area (Å²) in [6.07, 6.45) is 18.0. The lowest BCUT2D eigenvalue weighted by molar-refractivity contribution is 0.669. The predicted molar refractivity (Wildman–Crippen MR) is 230 cm³/mol. The van der Waals surface area contributed by atoms with Gasteiger partial charge in [0.25, 0.3) is 0 Å². The van der Waals surface area contributed by atoms with Gasteiger partial charge in [-0.05, 0) is 96.1 Å². The fraction of sp³-hybridized carbons (Fsp3) is 0.0784. The molecule has 0 aliphatic heterocycles. The van der Waals surface area contributed by atoms with Crippen LogP contribution in [0.25, 0.3) is 61.2 Å². The molecule has 2 aliphatic carbocycles. The van der Waals surface area contributed by atoms with Gasteiger partial charge >= 0.3 is 0 Å². The number of fused-ring (bicyclic) bond motifs is 3. The number of benzene rings is 6. The van der Waals surface area contributed by atoms with Gasteiger partial charge in [-0.15, -0.1) is 0 Å². The number of para-hydroxylation sites is 2. The van der Waals surface area contributed by atoms with Crippen molar-refractivity contribution in [1.29, 1.82) is 0 Å². The average Bonchev–Trinajstić information content (AvgIpc) is 3.66. The molecule has 6 aromatic carbocycles. The van der Waals surface area contributed by atoms with Crippen LogP contribution in [0.3, 0.4) is 0 Å². The van der Waals surface area contributed by atoms with E-state index in [2.05, 4.69) is 193 Å². The molecule has 5 heteroatoms. The molecular formula is C51H38N4O. The summed E-state index contributed by atoms with van der Waals surface area (Å²) in [5, 5.41) is 2.19. The summed E-state index contributed by atoms with van der Waals surface area (Å²) in [5.41, 5.74) is 11.5. The summed E-state index contributed by atoms with van der Waals surface area (Å²) in [4.78, 5) is 17.2. The summed E-state index contributed by atoms with van der Waals surface area (Å²) in [5.74, 6) is 2.36. The summed E-state index contributed by atoms with van der Waals surface area (Å²) >= 11 is 0. The summed E-state index contributed by atoms with van der Waals surface area (Å²) in [6.45, 7) is 0. The molecule has 0 amide bonds. The molecule has 0 spiro atoms. The number of hydrogen-bond donors (Lipinski definition) is 0. The Bertz CT molecular complexity index is 2790. The van der Waals surface area contributed by atoms with E-state index in [1.54, 1.807) is 0 Å². The predicted octanol–water partition coefficient (Wildman–Crippen LogP) is 13.6. The van der Waals surface area contributed by atoms with Gasteiger partial charge in [0.15, 0.2) is 11.6 Å². The minimum absolute atomic E-state index is 0.127. The molecule has 0 bridgehead atoms. The highest BCUT2D eigenvalue weighted by Gasteiger charge is 2.19. The van der Waals surface area contributed by atoms with Crippen LogP contribution in [-0.4, -0.2) is 15.0 Å². The van der Waals surface area contributed by atoms with E-state index >= 15 is 0 Å². The molecule has 2 aliphatic rings. The molecule has 2 heterocycles.